The summed E-state index contributed by atoms with van der Waals surface area (Å²) < 4.78 is 0. The van der Waals surface area contributed by atoms with Gasteiger partial charge in [0.2, 0.25) is 0 Å². The molecule has 0 saturated heterocycles. The zero-order chi connectivity index (χ0) is 4.99. The smallest absolute Gasteiger partial charge is 0.150 e. The Hall–Kier alpha value is -0.0700. The van der Waals surface area contributed by atoms with Crippen molar-refractivity contribution in [3.05, 3.63) is 0 Å². The lowest BCUT2D eigenvalue weighted by molar-refractivity contribution is 0.257. The van der Waals surface area contributed by atoms with Crippen LogP contribution in [-0.4, -0.2) is 16.5 Å². The highest BCUT2D eigenvalue weighted by molar-refractivity contribution is 9.09. The van der Waals surface area contributed by atoms with Gasteiger partial charge in [-0.1, -0.05) is 15.9 Å². The fourth-order valence-corrected chi connectivity index (χ4v) is 0.179. The molecule has 0 heterocycles. The first-order chi connectivity index (χ1) is 2.81. The van der Waals surface area contributed by atoms with Crippen molar-refractivity contribution >= 4 is 15.9 Å². The third kappa shape index (κ3) is 2.18. The Morgan fingerprint density at radius 3 is 2.50 bits per heavy atom. The van der Waals surface area contributed by atoms with E-state index in [1.54, 1.807) is 6.07 Å². The van der Waals surface area contributed by atoms with Gasteiger partial charge in [-0.05, 0) is 0 Å². The minimum atomic E-state index is -0.843. The van der Waals surface area contributed by atoms with Gasteiger partial charge in [-0.3, -0.25) is 0 Å². The van der Waals surface area contributed by atoms with Crippen molar-refractivity contribution in [2.24, 2.45) is 0 Å². The van der Waals surface area contributed by atoms with Crippen molar-refractivity contribution in [1.29, 1.82) is 5.26 Å². The Bertz CT molecular complexity index is 67.7. The summed E-state index contributed by atoms with van der Waals surface area (Å²) in [6.07, 6.45) is -0.843. The standard InChI is InChI=1S/C3H4BrNO/c4-1-3(6)2-5/h3,6H,1H2. The lowest BCUT2D eigenvalue weighted by atomic mass is 10.5. The molecule has 1 N–H and O–H groups in total. The van der Waals surface area contributed by atoms with E-state index < -0.39 is 6.10 Å². The zero-order valence-corrected chi connectivity index (χ0v) is 4.64. The molecule has 1 atom stereocenters. The van der Waals surface area contributed by atoms with E-state index in [4.69, 9.17) is 10.4 Å². The van der Waals surface area contributed by atoms with Gasteiger partial charge in [-0.15, -0.1) is 0 Å². The molecule has 0 spiro atoms. The number of halogens is 1. The van der Waals surface area contributed by atoms with E-state index in [9.17, 15) is 0 Å². The first kappa shape index (κ1) is 5.93. The fourth-order valence-electron chi connectivity index (χ4n) is 0.0345. The number of hydrogen-bond acceptors (Lipinski definition) is 2. The van der Waals surface area contributed by atoms with Gasteiger partial charge >= 0.3 is 0 Å². The van der Waals surface area contributed by atoms with Gasteiger partial charge in [0.1, 0.15) is 6.10 Å². The van der Waals surface area contributed by atoms with Crippen LogP contribution in [0.25, 0.3) is 0 Å². The molecule has 0 rings (SSSR count). The number of aliphatic hydroxyl groups is 1. The van der Waals surface area contributed by atoms with Gasteiger partial charge in [0.05, 0.1) is 6.07 Å². The Kier molecular flexibility index (Phi) is 3.10. The number of hydrogen-bond donors (Lipinski definition) is 1. The van der Waals surface area contributed by atoms with Crippen molar-refractivity contribution in [3.63, 3.8) is 0 Å². The molecule has 0 bridgehead atoms. The summed E-state index contributed by atoms with van der Waals surface area (Å²) in [5.41, 5.74) is 0. The molecule has 0 aromatic carbocycles. The summed E-state index contributed by atoms with van der Waals surface area (Å²) >= 11 is 2.90. The van der Waals surface area contributed by atoms with E-state index in [2.05, 4.69) is 15.9 Å². The molecular weight excluding hydrogens is 146 g/mol. The average molecular weight is 150 g/mol. The molecule has 3 heteroatoms. The van der Waals surface area contributed by atoms with Crippen LogP contribution in [0.3, 0.4) is 0 Å². The van der Waals surface area contributed by atoms with Gasteiger partial charge in [0.15, 0.2) is 0 Å². The van der Waals surface area contributed by atoms with E-state index >= 15 is 0 Å². The second-order valence-corrected chi connectivity index (χ2v) is 1.45. The Balaban J connectivity index is 3.04. The summed E-state index contributed by atoms with van der Waals surface area (Å²) in [4.78, 5) is 0. The van der Waals surface area contributed by atoms with Crippen molar-refractivity contribution in [2.45, 2.75) is 6.10 Å². The third-order valence-corrected chi connectivity index (χ3v) is 0.908. The van der Waals surface area contributed by atoms with Gasteiger partial charge in [-0.25, -0.2) is 0 Å². The maximum atomic E-state index is 8.26. The van der Waals surface area contributed by atoms with Gasteiger partial charge < -0.3 is 5.11 Å². The molecule has 0 fully saturated rings. The SMILES string of the molecule is N#CC(O)CBr. The zero-order valence-electron chi connectivity index (χ0n) is 3.06. The van der Waals surface area contributed by atoms with Gasteiger partial charge in [0, 0.05) is 5.33 Å². The highest BCUT2D eigenvalue weighted by Gasteiger charge is 1.92. The molecule has 34 valence electrons. The van der Waals surface area contributed by atoms with Crippen LogP contribution in [0.2, 0.25) is 0 Å². The lowest BCUT2D eigenvalue weighted by Crippen LogP contribution is -2.01. The van der Waals surface area contributed by atoms with E-state index in [0.29, 0.717) is 5.33 Å². The van der Waals surface area contributed by atoms with Gasteiger partial charge in [-0.2, -0.15) is 5.26 Å². The van der Waals surface area contributed by atoms with Crippen LogP contribution in [-0.2, 0) is 0 Å². The maximum absolute atomic E-state index is 8.26. The van der Waals surface area contributed by atoms with Crippen LogP contribution in [0.5, 0.6) is 0 Å². The molecule has 0 aliphatic rings. The molecule has 0 aliphatic heterocycles. The van der Waals surface area contributed by atoms with Crippen LogP contribution in [0.15, 0.2) is 0 Å². The van der Waals surface area contributed by atoms with E-state index in [1.807, 2.05) is 0 Å². The molecule has 1 unspecified atom stereocenters. The highest BCUT2D eigenvalue weighted by atomic mass is 79.9. The Morgan fingerprint density at radius 1 is 2.00 bits per heavy atom. The Morgan fingerprint density at radius 2 is 2.50 bits per heavy atom. The number of rotatable bonds is 1. The summed E-state index contributed by atoms with van der Waals surface area (Å²) in [5.74, 6) is 0. The van der Waals surface area contributed by atoms with Crippen molar-refractivity contribution in [1.82, 2.24) is 0 Å². The fraction of sp³-hybridized carbons (Fsp3) is 0.667. The van der Waals surface area contributed by atoms with Crippen LogP contribution in [0.4, 0.5) is 0 Å². The van der Waals surface area contributed by atoms with Crippen molar-refractivity contribution in [2.75, 3.05) is 5.33 Å². The molecule has 6 heavy (non-hydrogen) atoms. The third-order valence-electron chi connectivity index (χ3n) is 0.295. The number of nitriles is 1. The van der Waals surface area contributed by atoms with E-state index in [0.717, 1.165) is 0 Å². The van der Waals surface area contributed by atoms with Crippen LogP contribution < -0.4 is 0 Å². The Labute approximate surface area is 44.5 Å². The topological polar surface area (TPSA) is 44.0 Å². The van der Waals surface area contributed by atoms with Crippen molar-refractivity contribution < 1.29 is 5.11 Å². The first-order valence-electron chi connectivity index (χ1n) is 1.45. The van der Waals surface area contributed by atoms with Crippen LogP contribution in [0.1, 0.15) is 0 Å². The molecule has 0 amide bonds. The number of nitrogens with zero attached hydrogens (tertiary/aromatic N) is 1. The number of alkyl halides is 1. The summed E-state index contributed by atoms with van der Waals surface area (Å²) in [7, 11) is 0. The highest BCUT2D eigenvalue weighted by Crippen LogP contribution is 1.84. The molecular formula is C3H4BrNO. The maximum Gasteiger partial charge on any atom is 0.150 e. The molecule has 0 radical (unpaired) electrons. The molecule has 2 nitrogen and oxygen atoms in total. The monoisotopic (exact) mass is 149 g/mol. The van der Waals surface area contributed by atoms with Crippen LogP contribution in [0, 0.1) is 11.3 Å². The quantitative estimate of drug-likeness (QED) is 0.430. The molecule has 0 aromatic heterocycles. The lowest BCUT2D eigenvalue weighted by Gasteiger charge is -1.85. The summed E-state index contributed by atoms with van der Waals surface area (Å²) in [5, 5.41) is 16.4. The normalized spacial score (nSPS) is 12.8. The molecule has 0 aliphatic carbocycles. The van der Waals surface area contributed by atoms with Crippen molar-refractivity contribution in [3.8, 4) is 6.07 Å². The second-order valence-electron chi connectivity index (χ2n) is 0.799. The molecule has 0 aromatic rings. The largest absolute Gasteiger partial charge is 0.377 e. The van der Waals surface area contributed by atoms with Crippen LogP contribution >= 0.6 is 15.9 Å². The second kappa shape index (κ2) is 3.13. The molecule has 0 saturated carbocycles. The first-order valence-corrected chi connectivity index (χ1v) is 2.57. The van der Waals surface area contributed by atoms with Gasteiger partial charge in [0.25, 0.3) is 0 Å². The summed E-state index contributed by atoms with van der Waals surface area (Å²) in [6.45, 7) is 0. The predicted molar refractivity (Wildman–Crippen MR) is 25.4 cm³/mol. The average Bonchev–Trinajstić information content (AvgIpc) is 1.65. The summed E-state index contributed by atoms with van der Waals surface area (Å²) in [6, 6.07) is 1.62. The van der Waals surface area contributed by atoms with E-state index in [-0.39, 0.29) is 0 Å². The predicted octanol–water partition coefficient (Wildman–Crippen LogP) is 0.266. The number of aliphatic hydroxyl groups excluding tert-OH is 1. The minimum Gasteiger partial charge on any atom is -0.377 e. The van der Waals surface area contributed by atoms with E-state index in [1.165, 1.54) is 0 Å². The minimum absolute atomic E-state index is 0.337.